The second-order valence-electron chi connectivity index (χ2n) is 3.67. The number of rotatable bonds is 3. The lowest BCUT2D eigenvalue weighted by Crippen LogP contribution is -2.14. The van der Waals surface area contributed by atoms with Crippen molar-refractivity contribution in [1.29, 1.82) is 0 Å². The lowest BCUT2D eigenvalue weighted by atomic mass is 10.3. The fourth-order valence-corrected chi connectivity index (χ4v) is 1.79. The summed E-state index contributed by atoms with van der Waals surface area (Å²) in [5.74, 6) is -2.41. The number of hydrogen-bond acceptors (Lipinski definition) is 4. The van der Waals surface area contributed by atoms with E-state index >= 15 is 0 Å². The number of pyridine rings is 1. The standard InChI is InChI=1S/C12H8BrF2N3O2/c13-6-3-8(14)11(15)10(4-6)20-7-1-2-9(17-5-7)12(16)18-19/h1-5,19H,(H2,16,18). The van der Waals surface area contributed by atoms with Gasteiger partial charge in [-0.1, -0.05) is 21.1 Å². The highest BCUT2D eigenvalue weighted by atomic mass is 79.9. The van der Waals surface area contributed by atoms with Gasteiger partial charge in [0.15, 0.2) is 17.4 Å². The molecule has 0 radical (unpaired) electrons. The summed E-state index contributed by atoms with van der Waals surface area (Å²) in [6, 6.07) is 5.12. The molecule has 0 fully saturated rings. The molecule has 20 heavy (non-hydrogen) atoms. The lowest BCUT2D eigenvalue weighted by Gasteiger charge is -2.08. The Balaban J connectivity index is 2.27. The molecule has 0 aliphatic carbocycles. The van der Waals surface area contributed by atoms with E-state index < -0.39 is 11.6 Å². The average molecular weight is 344 g/mol. The molecule has 2 aromatic rings. The zero-order valence-corrected chi connectivity index (χ0v) is 11.4. The molecule has 5 nitrogen and oxygen atoms in total. The summed E-state index contributed by atoms with van der Waals surface area (Å²) in [5.41, 5.74) is 5.56. The van der Waals surface area contributed by atoms with Crippen LogP contribution in [-0.4, -0.2) is 16.0 Å². The number of benzene rings is 1. The van der Waals surface area contributed by atoms with Crippen LogP contribution in [0, 0.1) is 11.6 Å². The van der Waals surface area contributed by atoms with E-state index in [0.717, 1.165) is 6.07 Å². The summed E-state index contributed by atoms with van der Waals surface area (Å²) in [4.78, 5) is 3.85. The minimum atomic E-state index is -1.10. The molecule has 1 heterocycles. The average Bonchev–Trinajstić information content (AvgIpc) is 2.44. The molecule has 0 saturated carbocycles. The van der Waals surface area contributed by atoms with E-state index in [2.05, 4.69) is 26.1 Å². The number of nitrogens with two attached hydrogens (primary N) is 1. The van der Waals surface area contributed by atoms with Crippen LogP contribution in [0.25, 0.3) is 0 Å². The van der Waals surface area contributed by atoms with Crippen molar-refractivity contribution in [2.45, 2.75) is 0 Å². The first kappa shape index (κ1) is 14.2. The fraction of sp³-hybridized carbons (Fsp3) is 0. The van der Waals surface area contributed by atoms with Crippen molar-refractivity contribution >= 4 is 21.8 Å². The van der Waals surface area contributed by atoms with Crippen LogP contribution in [0.2, 0.25) is 0 Å². The number of oxime groups is 1. The predicted octanol–water partition coefficient (Wildman–Crippen LogP) is 3.01. The van der Waals surface area contributed by atoms with Gasteiger partial charge < -0.3 is 15.7 Å². The van der Waals surface area contributed by atoms with Gasteiger partial charge >= 0.3 is 0 Å². The van der Waals surface area contributed by atoms with E-state index in [1.807, 2.05) is 0 Å². The first-order valence-corrected chi connectivity index (χ1v) is 6.07. The normalized spacial score (nSPS) is 11.4. The van der Waals surface area contributed by atoms with Crippen molar-refractivity contribution in [3.05, 3.63) is 52.3 Å². The molecule has 1 aromatic heterocycles. The van der Waals surface area contributed by atoms with Gasteiger partial charge in [0, 0.05) is 4.47 Å². The molecule has 0 spiro atoms. The fourth-order valence-electron chi connectivity index (χ4n) is 1.38. The van der Waals surface area contributed by atoms with Gasteiger partial charge in [0.2, 0.25) is 5.82 Å². The first-order chi connectivity index (χ1) is 9.51. The third-order valence-electron chi connectivity index (χ3n) is 2.29. The van der Waals surface area contributed by atoms with Gasteiger partial charge in [-0.25, -0.2) is 9.37 Å². The smallest absolute Gasteiger partial charge is 0.201 e. The molecule has 0 bridgehead atoms. The molecule has 2 rings (SSSR count). The van der Waals surface area contributed by atoms with Crippen molar-refractivity contribution in [3.8, 4) is 11.5 Å². The second-order valence-corrected chi connectivity index (χ2v) is 4.58. The molecular formula is C12H8BrF2N3O2. The predicted molar refractivity (Wildman–Crippen MR) is 70.9 cm³/mol. The SMILES string of the molecule is N/C(=N/O)c1ccc(Oc2cc(Br)cc(F)c2F)cn1. The van der Waals surface area contributed by atoms with Gasteiger partial charge in [0.25, 0.3) is 0 Å². The molecule has 8 heteroatoms. The highest BCUT2D eigenvalue weighted by Crippen LogP contribution is 2.29. The van der Waals surface area contributed by atoms with Crippen LogP contribution in [0.1, 0.15) is 5.69 Å². The van der Waals surface area contributed by atoms with Gasteiger partial charge in [-0.15, -0.1) is 0 Å². The minimum Gasteiger partial charge on any atom is -0.453 e. The first-order valence-electron chi connectivity index (χ1n) is 5.27. The van der Waals surface area contributed by atoms with E-state index in [9.17, 15) is 8.78 Å². The van der Waals surface area contributed by atoms with Crippen molar-refractivity contribution in [1.82, 2.24) is 4.98 Å². The van der Waals surface area contributed by atoms with E-state index in [-0.39, 0.29) is 23.0 Å². The molecule has 104 valence electrons. The summed E-state index contributed by atoms with van der Waals surface area (Å²) in [7, 11) is 0. The quantitative estimate of drug-likeness (QED) is 0.295. The van der Waals surface area contributed by atoms with E-state index in [0.29, 0.717) is 4.47 Å². The van der Waals surface area contributed by atoms with Crippen molar-refractivity contribution < 1.29 is 18.7 Å². The maximum atomic E-state index is 13.5. The summed E-state index contributed by atoms with van der Waals surface area (Å²) < 4.78 is 32.2. The Morgan fingerprint density at radius 3 is 2.70 bits per heavy atom. The minimum absolute atomic E-state index is 0.170. The van der Waals surface area contributed by atoms with Crippen LogP contribution in [-0.2, 0) is 0 Å². The van der Waals surface area contributed by atoms with E-state index in [4.69, 9.17) is 15.7 Å². The van der Waals surface area contributed by atoms with Crippen LogP contribution < -0.4 is 10.5 Å². The topological polar surface area (TPSA) is 80.7 Å². The number of ether oxygens (including phenoxy) is 1. The van der Waals surface area contributed by atoms with Crippen LogP contribution in [0.15, 0.2) is 40.1 Å². The third-order valence-corrected chi connectivity index (χ3v) is 2.75. The van der Waals surface area contributed by atoms with Crippen molar-refractivity contribution in [2.24, 2.45) is 10.9 Å². The molecule has 0 amide bonds. The molecule has 0 saturated heterocycles. The Morgan fingerprint density at radius 2 is 2.10 bits per heavy atom. The zero-order chi connectivity index (χ0) is 14.7. The molecule has 1 aromatic carbocycles. The maximum Gasteiger partial charge on any atom is 0.201 e. The largest absolute Gasteiger partial charge is 0.453 e. The zero-order valence-electron chi connectivity index (χ0n) is 9.85. The van der Waals surface area contributed by atoms with E-state index in [1.54, 1.807) is 0 Å². The van der Waals surface area contributed by atoms with Gasteiger partial charge in [0.05, 0.1) is 6.20 Å². The van der Waals surface area contributed by atoms with Crippen LogP contribution in [0.3, 0.4) is 0 Å². The van der Waals surface area contributed by atoms with Crippen molar-refractivity contribution in [3.63, 3.8) is 0 Å². The Kier molecular flexibility index (Phi) is 4.14. The van der Waals surface area contributed by atoms with Crippen LogP contribution in [0.5, 0.6) is 11.5 Å². The van der Waals surface area contributed by atoms with Gasteiger partial charge in [0.1, 0.15) is 11.4 Å². The van der Waals surface area contributed by atoms with Crippen molar-refractivity contribution in [2.75, 3.05) is 0 Å². The van der Waals surface area contributed by atoms with Gasteiger partial charge in [-0.05, 0) is 24.3 Å². The van der Waals surface area contributed by atoms with E-state index in [1.165, 1.54) is 24.4 Å². The lowest BCUT2D eigenvalue weighted by molar-refractivity contribution is 0.318. The number of aromatic nitrogens is 1. The summed E-state index contributed by atoms with van der Waals surface area (Å²) >= 11 is 3.04. The summed E-state index contributed by atoms with van der Waals surface area (Å²) in [6.45, 7) is 0. The number of hydrogen-bond donors (Lipinski definition) is 2. The molecular weight excluding hydrogens is 336 g/mol. The Morgan fingerprint density at radius 1 is 1.35 bits per heavy atom. The molecule has 3 N–H and O–H groups in total. The number of amidine groups is 1. The Bertz CT molecular complexity index is 662. The summed E-state index contributed by atoms with van der Waals surface area (Å²) in [5, 5.41) is 11.3. The molecule has 0 aliphatic rings. The van der Waals surface area contributed by atoms with Crippen LogP contribution in [0.4, 0.5) is 8.78 Å². The number of nitrogens with zero attached hydrogens (tertiary/aromatic N) is 2. The van der Waals surface area contributed by atoms with Gasteiger partial charge in [-0.3, -0.25) is 0 Å². The second kappa shape index (κ2) is 5.83. The third kappa shape index (κ3) is 3.02. The van der Waals surface area contributed by atoms with Gasteiger partial charge in [-0.2, -0.15) is 4.39 Å². The molecule has 0 unspecified atom stereocenters. The number of halogens is 3. The monoisotopic (exact) mass is 343 g/mol. The highest BCUT2D eigenvalue weighted by Gasteiger charge is 2.12. The highest BCUT2D eigenvalue weighted by molar-refractivity contribution is 9.10. The molecule has 0 atom stereocenters. The maximum absolute atomic E-state index is 13.5. The summed E-state index contributed by atoms with van der Waals surface area (Å²) in [6.07, 6.45) is 1.24. The Hall–Kier alpha value is -2.22. The Labute approximate surface area is 120 Å². The molecule has 0 aliphatic heterocycles. The van der Waals surface area contributed by atoms with Crippen LogP contribution >= 0.6 is 15.9 Å².